The van der Waals surface area contributed by atoms with Crippen molar-refractivity contribution >= 4 is 17.6 Å². The molecule has 1 aromatic heterocycles. The van der Waals surface area contributed by atoms with Gasteiger partial charge in [0.25, 0.3) is 5.91 Å². The number of nitrogens with two attached hydrogens (primary N) is 1. The Morgan fingerprint density at radius 1 is 1.37 bits per heavy atom. The van der Waals surface area contributed by atoms with Gasteiger partial charge < -0.3 is 20.8 Å². The number of amides is 2. The quantitative estimate of drug-likeness (QED) is 0.262. The molecule has 0 bridgehead atoms. The number of rotatable bonds is 7. The molecular weight excluding hydrogens is 252 g/mol. The van der Waals surface area contributed by atoms with Crippen LogP contribution < -0.4 is 21.9 Å². The summed E-state index contributed by atoms with van der Waals surface area (Å²) in [6, 6.07) is 0. The maximum Gasteiger partial charge on any atom is 0.272 e. The number of methoxy groups -OCH3 is 1. The van der Waals surface area contributed by atoms with E-state index >= 15 is 0 Å². The first-order chi connectivity index (χ1) is 9.17. The molecule has 0 aromatic carbocycles. The average molecular weight is 268 g/mol. The second-order valence-corrected chi connectivity index (χ2v) is 3.46. The van der Waals surface area contributed by atoms with Crippen LogP contribution in [-0.2, 0) is 9.53 Å². The maximum atomic E-state index is 11.7. The standard InChI is InChI=1S/C10H16N6O3/c1-19-3-2-13-9(17)6-14-10(18)7-4-12-5-8(15-7)16-11/h4-5H,2-3,6,11H2,1H3,(H,13,17)(H,14,18)(H,15,16). The molecule has 0 unspecified atom stereocenters. The van der Waals surface area contributed by atoms with Gasteiger partial charge in [0.2, 0.25) is 5.91 Å². The minimum absolute atomic E-state index is 0.0696. The Kier molecular flexibility index (Phi) is 6.19. The molecule has 0 saturated heterocycles. The summed E-state index contributed by atoms with van der Waals surface area (Å²) < 4.78 is 4.77. The van der Waals surface area contributed by atoms with Gasteiger partial charge in [-0.2, -0.15) is 0 Å². The summed E-state index contributed by atoms with van der Waals surface area (Å²) >= 11 is 0. The van der Waals surface area contributed by atoms with E-state index in [0.29, 0.717) is 13.2 Å². The van der Waals surface area contributed by atoms with E-state index in [0.717, 1.165) is 0 Å². The second-order valence-electron chi connectivity index (χ2n) is 3.46. The molecule has 5 N–H and O–H groups in total. The predicted octanol–water partition coefficient (Wildman–Crippen LogP) is -1.75. The van der Waals surface area contributed by atoms with Crippen LogP contribution in [0.25, 0.3) is 0 Å². The Morgan fingerprint density at radius 3 is 2.84 bits per heavy atom. The van der Waals surface area contributed by atoms with Crippen LogP contribution in [0.5, 0.6) is 0 Å². The van der Waals surface area contributed by atoms with Crippen molar-refractivity contribution in [3.05, 3.63) is 18.1 Å². The summed E-state index contributed by atoms with van der Waals surface area (Å²) in [6.45, 7) is 0.650. The van der Waals surface area contributed by atoms with Gasteiger partial charge in [0.15, 0.2) is 5.82 Å². The average Bonchev–Trinajstić information content (AvgIpc) is 2.45. The van der Waals surface area contributed by atoms with Crippen LogP contribution in [0.2, 0.25) is 0 Å². The van der Waals surface area contributed by atoms with Crippen LogP contribution in [-0.4, -0.2) is 48.6 Å². The molecule has 0 radical (unpaired) electrons. The summed E-state index contributed by atoms with van der Waals surface area (Å²) in [7, 11) is 1.53. The molecule has 0 atom stereocenters. The Morgan fingerprint density at radius 2 is 2.16 bits per heavy atom. The Bertz CT molecular complexity index is 439. The Labute approximate surface area is 109 Å². The molecule has 0 saturated carbocycles. The summed E-state index contributed by atoms with van der Waals surface area (Å²) in [4.78, 5) is 30.7. The number of nitrogen functional groups attached to an aromatic ring is 1. The first-order valence-corrected chi connectivity index (χ1v) is 5.50. The highest BCUT2D eigenvalue weighted by Gasteiger charge is 2.10. The van der Waals surface area contributed by atoms with E-state index in [1.165, 1.54) is 19.5 Å². The zero-order valence-corrected chi connectivity index (χ0v) is 10.5. The molecule has 1 aromatic rings. The molecule has 0 aliphatic rings. The van der Waals surface area contributed by atoms with Crippen molar-refractivity contribution < 1.29 is 14.3 Å². The lowest BCUT2D eigenvalue weighted by atomic mass is 10.4. The smallest absolute Gasteiger partial charge is 0.272 e. The summed E-state index contributed by atoms with van der Waals surface area (Å²) in [5, 5.41) is 4.98. The topological polar surface area (TPSA) is 131 Å². The van der Waals surface area contributed by atoms with E-state index in [1.807, 2.05) is 0 Å². The molecule has 0 spiro atoms. The number of nitrogens with one attached hydrogen (secondary N) is 3. The van der Waals surface area contributed by atoms with Crippen molar-refractivity contribution in [2.24, 2.45) is 5.84 Å². The fraction of sp³-hybridized carbons (Fsp3) is 0.400. The van der Waals surface area contributed by atoms with Crippen molar-refractivity contribution in [2.45, 2.75) is 0 Å². The lowest BCUT2D eigenvalue weighted by Gasteiger charge is -2.06. The molecule has 9 heteroatoms. The van der Waals surface area contributed by atoms with Gasteiger partial charge in [-0.1, -0.05) is 0 Å². The highest BCUT2D eigenvalue weighted by molar-refractivity contribution is 5.94. The van der Waals surface area contributed by atoms with E-state index in [2.05, 4.69) is 26.0 Å². The second kappa shape index (κ2) is 7.95. The number of ether oxygens (including phenoxy) is 1. The van der Waals surface area contributed by atoms with Gasteiger partial charge in [0.05, 0.1) is 25.5 Å². The summed E-state index contributed by atoms with van der Waals surface area (Å²) in [5.41, 5.74) is 2.34. The molecule has 0 aliphatic heterocycles. The van der Waals surface area contributed by atoms with Crippen molar-refractivity contribution in [1.82, 2.24) is 20.6 Å². The number of hydrazine groups is 1. The fourth-order valence-electron chi connectivity index (χ4n) is 1.15. The van der Waals surface area contributed by atoms with E-state index < -0.39 is 5.91 Å². The lowest BCUT2D eigenvalue weighted by Crippen LogP contribution is -2.38. The van der Waals surface area contributed by atoms with Crippen LogP contribution in [0.4, 0.5) is 5.82 Å². The number of aromatic nitrogens is 2. The molecule has 104 valence electrons. The van der Waals surface area contributed by atoms with Crippen molar-refractivity contribution in [2.75, 3.05) is 32.2 Å². The van der Waals surface area contributed by atoms with Crippen LogP contribution in [0, 0.1) is 0 Å². The monoisotopic (exact) mass is 268 g/mol. The maximum absolute atomic E-state index is 11.7. The third-order valence-corrected chi connectivity index (χ3v) is 2.05. The van der Waals surface area contributed by atoms with Crippen LogP contribution in [0.15, 0.2) is 12.4 Å². The van der Waals surface area contributed by atoms with Crippen molar-refractivity contribution in [1.29, 1.82) is 0 Å². The Hall–Kier alpha value is -2.26. The van der Waals surface area contributed by atoms with E-state index in [1.54, 1.807) is 0 Å². The highest BCUT2D eigenvalue weighted by Crippen LogP contribution is 1.99. The highest BCUT2D eigenvalue weighted by atomic mass is 16.5. The van der Waals surface area contributed by atoms with Crippen molar-refractivity contribution in [3.8, 4) is 0 Å². The summed E-state index contributed by atoms with van der Waals surface area (Å²) in [5.74, 6) is 4.59. The van der Waals surface area contributed by atoms with Crippen molar-refractivity contribution in [3.63, 3.8) is 0 Å². The zero-order chi connectivity index (χ0) is 14.1. The number of carbonyl (C=O) groups excluding carboxylic acids is 2. The predicted molar refractivity (Wildman–Crippen MR) is 67.1 cm³/mol. The van der Waals surface area contributed by atoms with Gasteiger partial charge in [-0.05, 0) is 0 Å². The van der Waals surface area contributed by atoms with E-state index in [-0.39, 0.29) is 24.0 Å². The molecule has 9 nitrogen and oxygen atoms in total. The Balaban J connectivity index is 2.40. The SMILES string of the molecule is COCCNC(=O)CNC(=O)c1cncc(NN)n1. The first-order valence-electron chi connectivity index (χ1n) is 5.50. The molecular formula is C10H16N6O3. The minimum Gasteiger partial charge on any atom is -0.383 e. The molecule has 1 heterocycles. The summed E-state index contributed by atoms with van der Waals surface area (Å²) in [6.07, 6.45) is 2.65. The lowest BCUT2D eigenvalue weighted by molar-refractivity contribution is -0.120. The third kappa shape index (κ3) is 5.27. The van der Waals surface area contributed by atoms with Gasteiger partial charge in [0.1, 0.15) is 5.69 Å². The van der Waals surface area contributed by atoms with Gasteiger partial charge in [-0.15, -0.1) is 0 Å². The van der Waals surface area contributed by atoms with E-state index in [9.17, 15) is 9.59 Å². The van der Waals surface area contributed by atoms with Gasteiger partial charge in [-0.25, -0.2) is 10.8 Å². The molecule has 19 heavy (non-hydrogen) atoms. The number of hydrogen-bond acceptors (Lipinski definition) is 7. The van der Waals surface area contributed by atoms with Crippen LogP contribution in [0.1, 0.15) is 10.5 Å². The van der Waals surface area contributed by atoms with Gasteiger partial charge in [0, 0.05) is 13.7 Å². The largest absolute Gasteiger partial charge is 0.383 e. The first kappa shape index (κ1) is 14.8. The van der Waals surface area contributed by atoms with Crippen LogP contribution >= 0.6 is 0 Å². The minimum atomic E-state index is -0.508. The molecule has 0 aliphatic carbocycles. The molecule has 1 rings (SSSR count). The molecule has 0 fully saturated rings. The van der Waals surface area contributed by atoms with Gasteiger partial charge >= 0.3 is 0 Å². The third-order valence-electron chi connectivity index (χ3n) is 2.05. The number of anilines is 1. The number of carbonyl (C=O) groups is 2. The van der Waals surface area contributed by atoms with E-state index in [4.69, 9.17) is 10.6 Å². The molecule has 2 amide bonds. The fourth-order valence-corrected chi connectivity index (χ4v) is 1.15. The normalized spacial score (nSPS) is 9.79. The zero-order valence-electron chi connectivity index (χ0n) is 10.5. The van der Waals surface area contributed by atoms with Gasteiger partial charge in [-0.3, -0.25) is 14.6 Å². The number of hydrogen-bond donors (Lipinski definition) is 4. The van der Waals surface area contributed by atoms with Crippen LogP contribution in [0.3, 0.4) is 0 Å². The number of nitrogens with zero attached hydrogens (tertiary/aromatic N) is 2.